The van der Waals surface area contributed by atoms with E-state index in [-0.39, 0.29) is 0 Å². The zero-order valence-electron chi connectivity index (χ0n) is 5.51. The van der Waals surface area contributed by atoms with Crippen LogP contribution in [0.3, 0.4) is 0 Å². The first-order chi connectivity index (χ1) is 4.43. The molecule has 3 nitrogen and oxygen atoms in total. The van der Waals surface area contributed by atoms with E-state index in [0.29, 0.717) is 6.73 Å². The van der Waals surface area contributed by atoms with Crippen LogP contribution in [0.25, 0.3) is 0 Å². The van der Waals surface area contributed by atoms with Gasteiger partial charge in [-0.05, 0) is 0 Å². The molecule has 1 aliphatic rings. The Labute approximate surface area is 55.5 Å². The Balaban J connectivity index is 2.08. The van der Waals surface area contributed by atoms with E-state index in [1.807, 2.05) is 0 Å². The van der Waals surface area contributed by atoms with Gasteiger partial charge in [-0.3, -0.25) is 4.90 Å². The van der Waals surface area contributed by atoms with Gasteiger partial charge < -0.3 is 9.47 Å². The molecule has 0 N–H and O–H groups in total. The van der Waals surface area contributed by atoms with Crippen molar-refractivity contribution in [2.75, 3.05) is 33.0 Å². The summed E-state index contributed by atoms with van der Waals surface area (Å²) in [6.07, 6.45) is 0. The van der Waals surface area contributed by atoms with Gasteiger partial charge in [0.2, 0.25) is 0 Å². The Morgan fingerprint density at radius 2 is 2.11 bits per heavy atom. The van der Waals surface area contributed by atoms with Gasteiger partial charge in [-0.25, -0.2) is 7.11 Å². The van der Waals surface area contributed by atoms with E-state index in [0.717, 1.165) is 26.3 Å². The maximum absolute atomic E-state index is 5.13. The smallest absolute Gasteiger partial charge is 0.0669 e. The van der Waals surface area contributed by atoms with Crippen LogP contribution in [0, 0.1) is 7.11 Å². The van der Waals surface area contributed by atoms with Crippen molar-refractivity contribution in [1.29, 1.82) is 0 Å². The van der Waals surface area contributed by atoms with Crippen molar-refractivity contribution in [3.05, 3.63) is 7.11 Å². The third kappa shape index (κ3) is 2.30. The van der Waals surface area contributed by atoms with Crippen molar-refractivity contribution in [3.63, 3.8) is 0 Å². The molecule has 1 aliphatic heterocycles. The second-order valence-electron chi connectivity index (χ2n) is 2.06. The number of hydrogen-bond donors (Lipinski definition) is 0. The van der Waals surface area contributed by atoms with Crippen molar-refractivity contribution < 1.29 is 9.47 Å². The van der Waals surface area contributed by atoms with Crippen LogP contribution in [0.1, 0.15) is 0 Å². The molecule has 0 bridgehead atoms. The quantitative estimate of drug-likeness (QED) is 0.494. The van der Waals surface area contributed by atoms with Crippen molar-refractivity contribution in [2.45, 2.75) is 0 Å². The first kappa shape index (κ1) is 6.99. The highest BCUT2D eigenvalue weighted by Gasteiger charge is 2.06. The molecule has 0 aromatic heterocycles. The molecule has 0 atom stereocenters. The van der Waals surface area contributed by atoms with Crippen LogP contribution in [-0.2, 0) is 9.47 Å². The summed E-state index contributed by atoms with van der Waals surface area (Å²) in [6.45, 7) is 4.21. The van der Waals surface area contributed by atoms with Crippen molar-refractivity contribution in [2.24, 2.45) is 0 Å². The average molecular weight is 130 g/mol. The van der Waals surface area contributed by atoms with Crippen LogP contribution in [0.2, 0.25) is 0 Å². The Kier molecular flexibility index (Phi) is 2.97. The van der Waals surface area contributed by atoms with Crippen LogP contribution in [0.5, 0.6) is 0 Å². The first-order valence-electron chi connectivity index (χ1n) is 3.10. The monoisotopic (exact) mass is 130 g/mol. The molecular formula is C6H12NO2-. The Morgan fingerprint density at radius 3 is 2.67 bits per heavy atom. The number of hydrogen-bond acceptors (Lipinski definition) is 3. The highest BCUT2D eigenvalue weighted by Crippen LogP contribution is 1.94. The molecule has 0 spiro atoms. The molecular weight excluding hydrogens is 118 g/mol. The minimum absolute atomic E-state index is 0.628. The molecule has 9 heavy (non-hydrogen) atoms. The maximum Gasteiger partial charge on any atom is 0.0669 e. The molecule has 1 rings (SSSR count). The fourth-order valence-electron chi connectivity index (χ4n) is 0.859. The Morgan fingerprint density at radius 1 is 1.44 bits per heavy atom. The van der Waals surface area contributed by atoms with E-state index in [9.17, 15) is 0 Å². The average Bonchev–Trinajstić information content (AvgIpc) is 1.91. The van der Waals surface area contributed by atoms with Crippen LogP contribution in [-0.4, -0.2) is 37.9 Å². The minimum Gasteiger partial charge on any atom is -0.544 e. The predicted molar refractivity (Wildman–Crippen MR) is 33.7 cm³/mol. The topological polar surface area (TPSA) is 21.7 Å². The normalized spacial score (nSPS) is 22.3. The Bertz CT molecular complexity index is 68.7. The van der Waals surface area contributed by atoms with Gasteiger partial charge in [0.1, 0.15) is 0 Å². The molecule has 0 radical (unpaired) electrons. The lowest BCUT2D eigenvalue weighted by Gasteiger charge is -2.27. The predicted octanol–water partition coefficient (Wildman–Crippen LogP) is 0.0843. The van der Waals surface area contributed by atoms with Crippen LogP contribution < -0.4 is 0 Å². The van der Waals surface area contributed by atoms with Crippen LogP contribution in [0.4, 0.5) is 0 Å². The molecule has 0 aliphatic carbocycles. The molecule has 3 heteroatoms. The number of morpholine rings is 1. The first-order valence-corrected chi connectivity index (χ1v) is 3.10. The van der Waals surface area contributed by atoms with E-state index >= 15 is 0 Å². The summed E-state index contributed by atoms with van der Waals surface area (Å²) in [6, 6.07) is 0. The molecule has 0 aromatic rings. The fraction of sp³-hybridized carbons (Fsp3) is 0.833. The van der Waals surface area contributed by atoms with Gasteiger partial charge in [0.25, 0.3) is 0 Å². The molecule has 0 aromatic carbocycles. The largest absolute Gasteiger partial charge is 0.544 e. The highest BCUT2D eigenvalue weighted by molar-refractivity contribution is 4.56. The Hall–Kier alpha value is -0.120. The summed E-state index contributed by atoms with van der Waals surface area (Å²) in [5, 5.41) is 0. The summed E-state index contributed by atoms with van der Waals surface area (Å²) in [7, 11) is 3.30. The molecule has 1 fully saturated rings. The second-order valence-corrected chi connectivity index (χ2v) is 2.06. The fourth-order valence-corrected chi connectivity index (χ4v) is 0.859. The SMILES string of the molecule is [CH2-]OCN1CCOCC1. The van der Waals surface area contributed by atoms with Gasteiger partial charge in [0.05, 0.1) is 19.9 Å². The maximum atomic E-state index is 5.13. The van der Waals surface area contributed by atoms with Crippen LogP contribution in [0.15, 0.2) is 0 Å². The molecule has 0 unspecified atom stereocenters. The van der Waals surface area contributed by atoms with Gasteiger partial charge in [-0.15, -0.1) is 0 Å². The third-order valence-electron chi connectivity index (χ3n) is 1.38. The lowest BCUT2D eigenvalue weighted by molar-refractivity contribution is -0.00917. The number of nitrogens with zero attached hydrogens (tertiary/aromatic N) is 1. The van der Waals surface area contributed by atoms with Gasteiger partial charge in [-0.1, -0.05) is 0 Å². The van der Waals surface area contributed by atoms with Crippen molar-refractivity contribution in [1.82, 2.24) is 4.90 Å². The lowest BCUT2D eigenvalue weighted by Crippen LogP contribution is -2.37. The summed E-state index contributed by atoms with van der Waals surface area (Å²) >= 11 is 0. The molecule has 0 amide bonds. The standard InChI is InChI=1S/C6H12NO2/c1-8-6-7-2-4-9-5-3-7/h1-6H2/q-1. The minimum atomic E-state index is 0.628. The summed E-state index contributed by atoms with van der Waals surface area (Å²) in [5.74, 6) is 0. The van der Waals surface area contributed by atoms with Gasteiger partial charge in [0, 0.05) is 13.1 Å². The summed E-state index contributed by atoms with van der Waals surface area (Å²) in [5.41, 5.74) is 0. The zero-order chi connectivity index (χ0) is 6.53. The van der Waals surface area contributed by atoms with E-state index in [2.05, 4.69) is 12.0 Å². The second kappa shape index (κ2) is 3.82. The third-order valence-corrected chi connectivity index (χ3v) is 1.38. The number of rotatable bonds is 2. The van der Waals surface area contributed by atoms with E-state index < -0.39 is 0 Å². The van der Waals surface area contributed by atoms with Gasteiger partial charge in [0.15, 0.2) is 0 Å². The highest BCUT2D eigenvalue weighted by atomic mass is 16.5. The van der Waals surface area contributed by atoms with Crippen LogP contribution >= 0.6 is 0 Å². The molecule has 1 saturated heterocycles. The number of ether oxygens (including phenoxy) is 2. The van der Waals surface area contributed by atoms with E-state index in [4.69, 9.17) is 9.47 Å². The van der Waals surface area contributed by atoms with Crippen molar-refractivity contribution in [3.8, 4) is 0 Å². The van der Waals surface area contributed by atoms with E-state index in [1.165, 1.54) is 0 Å². The van der Waals surface area contributed by atoms with E-state index in [1.54, 1.807) is 0 Å². The summed E-state index contributed by atoms with van der Waals surface area (Å²) in [4.78, 5) is 2.16. The van der Waals surface area contributed by atoms with Gasteiger partial charge in [-0.2, -0.15) is 0 Å². The summed E-state index contributed by atoms with van der Waals surface area (Å²) < 4.78 is 9.83. The molecule has 1 heterocycles. The molecule has 0 saturated carbocycles. The van der Waals surface area contributed by atoms with Crippen molar-refractivity contribution >= 4 is 0 Å². The lowest BCUT2D eigenvalue weighted by atomic mass is 10.5. The zero-order valence-corrected chi connectivity index (χ0v) is 5.51. The molecule has 54 valence electrons. The van der Waals surface area contributed by atoms with Gasteiger partial charge >= 0.3 is 0 Å².